The van der Waals surface area contributed by atoms with Gasteiger partial charge in [-0.2, -0.15) is 0 Å². The van der Waals surface area contributed by atoms with E-state index < -0.39 is 0 Å². The summed E-state index contributed by atoms with van der Waals surface area (Å²) in [6.45, 7) is 13.6. The van der Waals surface area contributed by atoms with Crippen LogP contribution in [0.4, 0.5) is 0 Å². The molecule has 1 heterocycles. The van der Waals surface area contributed by atoms with Gasteiger partial charge >= 0.3 is 0 Å². The first-order chi connectivity index (χ1) is 9.96. The van der Waals surface area contributed by atoms with Crippen molar-refractivity contribution in [2.24, 2.45) is 5.92 Å². The Labute approximate surface area is 130 Å². The second-order valence-electron chi connectivity index (χ2n) is 7.60. The van der Waals surface area contributed by atoms with Crippen LogP contribution in [0.15, 0.2) is 24.3 Å². The van der Waals surface area contributed by atoms with Crippen molar-refractivity contribution in [3.8, 4) is 0 Å². The highest BCUT2D eigenvalue weighted by molar-refractivity contribution is 5.23. The number of likely N-dealkylation sites (tertiary alicyclic amines) is 1. The highest BCUT2D eigenvalue weighted by atomic mass is 15.1. The molecule has 1 unspecified atom stereocenters. The lowest BCUT2D eigenvalue weighted by Crippen LogP contribution is -2.35. The van der Waals surface area contributed by atoms with Crippen molar-refractivity contribution < 1.29 is 0 Å². The monoisotopic (exact) mass is 288 g/mol. The van der Waals surface area contributed by atoms with Crippen LogP contribution in [-0.2, 0) is 13.1 Å². The van der Waals surface area contributed by atoms with Gasteiger partial charge in [-0.3, -0.25) is 4.90 Å². The van der Waals surface area contributed by atoms with Gasteiger partial charge in [0.25, 0.3) is 0 Å². The summed E-state index contributed by atoms with van der Waals surface area (Å²) in [5.74, 6) is 0.931. The van der Waals surface area contributed by atoms with Gasteiger partial charge in [0.1, 0.15) is 0 Å². The van der Waals surface area contributed by atoms with E-state index in [0.29, 0.717) is 0 Å². The second kappa shape index (κ2) is 7.42. The Bertz CT molecular complexity index is 433. The number of nitrogens with one attached hydrogen (secondary N) is 1. The summed E-state index contributed by atoms with van der Waals surface area (Å²) in [7, 11) is 0. The van der Waals surface area contributed by atoms with E-state index in [4.69, 9.17) is 0 Å². The SMILES string of the molecule is CCCC1CCN(Cc2cccc(CNC(C)(C)C)c2)C1. The normalized spacial score (nSPS) is 20.1. The minimum Gasteiger partial charge on any atom is -0.308 e. The molecule has 0 aliphatic carbocycles. The molecule has 1 aromatic carbocycles. The smallest absolute Gasteiger partial charge is 0.0233 e. The van der Waals surface area contributed by atoms with Crippen molar-refractivity contribution in [3.05, 3.63) is 35.4 Å². The Morgan fingerprint density at radius 1 is 1.24 bits per heavy atom. The van der Waals surface area contributed by atoms with E-state index in [1.54, 1.807) is 0 Å². The van der Waals surface area contributed by atoms with Crippen LogP contribution in [0.5, 0.6) is 0 Å². The van der Waals surface area contributed by atoms with Crippen LogP contribution in [0.3, 0.4) is 0 Å². The van der Waals surface area contributed by atoms with Crippen molar-refractivity contribution in [1.29, 1.82) is 0 Å². The van der Waals surface area contributed by atoms with Crippen molar-refractivity contribution in [3.63, 3.8) is 0 Å². The maximum Gasteiger partial charge on any atom is 0.0233 e. The molecule has 0 radical (unpaired) electrons. The molecule has 118 valence electrons. The molecule has 1 aliphatic heterocycles. The number of hydrogen-bond donors (Lipinski definition) is 1. The molecule has 1 atom stereocenters. The summed E-state index contributed by atoms with van der Waals surface area (Å²) in [5, 5.41) is 3.57. The summed E-state index contributed by atoms with van der Waals surface area (Å²) < 4.78 is 0. The molecule has 1 N–H and O–H groups in total. The van der Waals surface area contributed by atoms with Gasteiger partial charge in [0.2, 0.25) is 0 Å². The zero-order chi connectivity index (χ0) is 15.3. The molecule has 2 nitrogen and oxygen atoms in total. The zero-order valence-corrected chi connectivity index (χ0v) is 14.3. The molecule has 0 amide bonds. The van der Waals surface area contributed by atoms with Gasteiger partial charge in [0, 0.05) is 25.2 Å². The standard InChI is InChI=1S/C19H32N2/c1-5-7-16-10-11-21(14-16)15-18-9-6-8-17(12-18)13-20-19(2,3)4/h6,8-9,12,16,20H,5,7,10-11,13-15H2,1-4H3. The van der Waals surface area contributed by atoms with Gasteiger partial charge in [0.15, 0.2) is 0 Å². The zero-order valence-electron chi connectivity index (χ0n) is 14.3. The average Bonchev–Trinajstić information content (AvgIpc) is 2.84. The van der Waals surface area contributed by atoms with Gasteiger partial charge < -0.3 is 5.32 Å². The molecule has 1 fully saturated rings. The number of benzene rings is 1. The van der Waals surface area contributed by atoms with Crippen molar-refractivity contribution >= 4 is 0 Å². The lowest BCUT2D eigenvalue weighted by atomic mass is 10.0. The molecule has 0 bridgehead atoms. The van der Waals surface area contributed by atoms with E-state index in [0.717, 1.165) is 19.0 Å². The molecular formula is C19H32N2. The summed E-state index contributed by atoms with van der Waals surface area (Å²) in [4.78, 5) is 2.62. The minimum absolute atomic E-state index is 0.179. The third-order valence-corrected chi connectivity index (χ3v) is 4.29. The molecule has 0 saturated carbocycles. The third-order valence-electron chi connectivity index (χ3n) is 4.29. The van der Waals surface area contributed by atoms with E-state index >= 15 is 0 Å². The topological polar surface area (TPSA) is 15.3 Å². The second-order valence-corrected chi connectivity index (χ2v) is 7.60. The van der Waals surface area contributed by atoms with Gasteiger partial charge in [-0.25, -0.2) is 0 Å². The summed E-state index contributed by atoms with van der Waals surface area (Å²) in [6.07, 6.45) is 4.11. The Kier molecular flexibility index (Phi) is 5.83. The summed E-state index contributed by atoms with van der Waals surface area (Å²) >= 11 is 0. The van der Waals surface area contributed by atoms with Crippen molar-refractivity contribution in [2.75, 3.05) is 13.1 Å². The van der Waals surface area contributed by atoms with Gasteiger partial charge in [-0.15, -0.1) is 0 Å². The average molecular weight is 288 g/mol. The molecular weight excluding hydrogens is 256 g/mol. The fraction of sp³-hybridized carbons (Fsp3) is 0.684. The van der Waals surface area contributed by atoms with Crippen molar-refractivity contribution in [2.45, 2.75) is 65.6 Å². The van der Waals surface area contributed by atoms with Crippen LogP contribution >= 0.6 is 0 Å². The third kappa shape index (κ3) is 5.80. The van der Waals surface area contributed by atoms with E-state index in [-0.39, 0.29) is 5.54 Å². The van der Waals surface area contributed by atoms with Crippen molar-refractivity contribution in [1.82, 2.24) is 10.2 Å². The van der Waals surface area contributed by atoms with Crippen LogP contribution in [0.1, 0.15) is 58.1 Å². The van der Waals surface area contributed by atoms with Crippen LogP contribution in [0.2, 0.25) is 0 Å². The Morgan fingerprint density at radius 2 is 2.00 bits per heavy atom. The highest BCUT2D eigenvalue weighted by Crippen LogP contribution is 2.22. The van der Waals surface area contributed by atoms with E-state index in [9.17, 15) is 0 Å². The van der Waals surface area contributed by atoms with Crippen LogP contribution in [0, 0.1) is 5.92 Å². The molecule has 2 heteroatoms. The first-order valence-electron chi connectivity index (χ1n) is 8.51. The van der Waals surface area contributed by atoms with Gasteiger partial charge in [-0.05, 0) is 57.2 Å². The molecule has 0 aromatic heterocycles. The molecule has 2 rings (SSSR count). The van der Waals surface area contributed by atoms with Crippen LogP contribution in [0.25, 0.3) is 0 Å². The number of rotatable bonds is 6. The molecule has 1 saturated heterocycles. The quantitative estimate of drug-likeness (QED) is 0.844. The minimum atomic E-state index is 0.179. The number of hydrogen-bond acceptors (Lipinski definition) is 2. The maximum atomic E-state index is 3.57. The molecule has 0 spiro atoms. The molecule has 21 heavy (non-hydrogen) atoms. The Balaban J connectivity index is 1.86. The predicted molar refractivity (Wildman–Crippen MR) is 91.3 cm³/mol. The fourth-order valence-electron chi connectivity index (χ4n) is 3.16. The van der Waals surface area contributed by atoms with Crippen LogP contribution < -0.4 is 5.32 Å². The Morgan fingerprint density at radius 3 is 2.71 bits per heavy atom. The largest absolute Gasteiger partial charge is 0.308 e. The molecule has 1 aliphatic rings. The van der Waals surface area contributed by atoms with Gasteiger partial charge in [-0.1, -0.05) is 37.6 Å². The maximum absolute atomic E-state index is 3.57. The van der Waals surface area contributed by atoms with E-state index in [1.807, 2.05) is 0 Å². The lowest BCUT2D eigenvalue weighted by Gasteiger charge is -2.21. The molecule has 1 aromatic rings. The first kappa shape index (κ1) is 16.5. The van der Waals surface area contributed by atoms with E-state index in [1.165, 1.54) is 43.5 Å². The first-order valence-corrected chi connectivity index (χ1v) is 8.51. The number of nitrogens with zero attached hydrogens (tertiary/aromatic N) is 1. The summed E-state index contributed by atoms with van der Waals surface area (Å²) in [6, 6.07) is 9.07. The Hall–Kier alpha value is -0.860. The fourth-order valence-corrected chi connectivity index (χ4v) is 3.16. The highest BCUT2D eigenvalue weighted by Gasteiger charge is 2.21. The van der Waals surface area contributed by atoms with Crippen LogP contribution in [-0.4, -0.2) is 23.5 Å². The van der Waals surface area contributed by atoms with Gasteiger partial charge in [0.05, 0.1) is 0 Å². The summed E-state index contributed by atoms with van der Waals surface area (Å²) in [5.41, 5.74) is 3.03. The van der Waals surface area contributed by atoms with E-state index in [2.05, 4.69) is 62.2 Å². The predicted octanol–water partition coefficient (Wildman–Crippen LogP) is 4.20. The lowest BCUT2D eigenvalue weighted by molar-refractivity contribution is 0.313.